The van der Waals surface area contributed by atoms with Crippen LogP contribution in [0.3, 0.4) is 0 Å². The van der Waals surface area contributed by atoms with E-state index in [1.54, 1.807) is 6.07 Å². The predicted molar refractivity (Wildman–Crippen MR) is 77.5 cm³/mol. The summed E-state index contributed by atoms with van der Waals surface area (Å²) in [5, 5.41) is 3.43. The molecular weight excluding hydrogens is 311 g/mol. The highest BCUT2D eigenvalue weighted by atomic mass is 79.9. The SMILES string of the molecule is CC1(CNC(CN)c2ccc(F)cc2Br)CCCO1. The minimum Gasteiger partial charge on any atom is -0.374 e. The van der Waals surface area contributed by atoms with Gasteiger partial charge in [0.25, 0.3) is 0 Å². The van der Waals surface area contributed by atoms with Crippen molar-refractivity contribution >= 4 is 15.9 Å². The molecule has 1 aromatic carbocycles. The number of halogens is 2. The Morgan fingerprint density at radius 3 is 2.95 bits per heavy atom. The van der Waals surface area contributed by atoms with E-state index in [2.05, 4.69) is 28.2 Å². The number of hydrogen-bond donors (Lipinski definition) is 2. The molecule has 1 aliphatic rings. The van der Waals surface area contributed by atoms with E-state index in [0.717, 1.165) is 36.0 Å². The number of nitrogens with one attached hydrogen (secondary N) is 1. The minimum absolute atomic E-state index is 0.00370. The Kier molecular flexibility index (Phi) is 4.95. The zero-order valence-electron chi connectivity index (χ0n) is 11.1. The van der Waals surface area contributed by atoms with Crippen molar-refractivity contribution in [2.45, 2.75) is 31.4 Å². The average Bonchev–Trinajstić information content (AvgIpc) is 2.79. The summed E-state index contributed by atoms with van der Waals surface area (Å²) in [5.41, 5.74) is 6.69. The molecule has 1 aromatic rings. The summed E-state index contributed by atoms with van der Waals surface area (Å²) in [5.74, 6) is -0.252. The Hall–Kier alpha value is -0.490. The van der Waals surface area contributed by atoms with Crippen molar-refractivity contribution < 1.29 is 9.13 Å². The highest BCUT2D eigenvalue weighted by Crippen LogP contribution is 2.27. The van der Waals surface area contributed by atoms with Crippen LogP contribution in [-0.2, 0) is 4.74 Å². The van der Waals surface area contributed by atoms with Crippen LogP contribution >= 0.6 is 15.9 Å². The van der Waals surface area contributed by atoms with E-state index >= 15 is 0 Å². The van der Waals surface area contributed by atoms with E-state index in [-0.39, 0.29) is 17.5 Å². The smallest absolute Gasteiger partial charge is 0.124 e. The predicted octanol–water partition coefficient (Wildman–Crippen LogP) is 2.75. The third kappa shape index (κ3) is 3.75. The fourth-order valence-electron chi connectivity index (χ4n) is 2.42. The van der Waals surface area contributed by atoms with Gasteiger partial charge in [0.15, 0.2) is 0 Å². The van der Waals surface area contributed by atoms with Gasteiger partial charge in [0, 0.05) is 30.2 Å². The van der Waals surface area contributed by atoms with Crippen LogP contribution < -0.4 is 11.1 Å². The molecule has 2 unspecified atom stereocenters. The van der Waals surface area contributed by atoms with Gasteiger partial charge in [-0.25, -0.2) is 4.39 Å². The van der Waals surface area contributed by atoms with E-state index in [1.807, 2.05) is 0 Å². The van der Waals surface area contributed by atoms with E-state index in [4.69, 9.17) is 10.5 Å². The van der Waals surface area contributed by atoms with Crippen LogP contribution in [0.15, 0.2) is 22.7 Å². The maximum atomic E-state index is 13.1. The molecule has 1 aliphatic heterocycles. The molecule has 0 aromatic heterocycles. The number of nitrogens with two attached hydrogens (primary N) is 1. The van der Waals surface area contributed by atoms with Gasteiger partial charge in [0.1, 0.15) is 5.82 Å². The molecule has 1 saturated heterocycles. The first kappa shape index (κ1) is 14.9. The Morgan fingerprint density at radius 2 is 2.37 bits per heavy atom. The standard InChI is InChI=1S/C14H20BrFN2O/c1-14(5-2-6-19-14)9-18-13(8-17)11-4-3-10(16)7-12(11)15/h3-4,7,13,18H,2,5-6,8-9,17H2,1H3. The van der Waals surface area contributed by atoms with Crippen molar-refractivity contribution in [1.29, 1.82) is 0 Å². The van der Waals surface area contributed by atoms with E-state index in [9.17, 15) is 4.39 Å². The lowest BCUT2D eigenvalue weighted by atomic mass is 10.0. The minimum atomic E-state index is -0.252. The topological polar surface area (TPSA) is 47.3 Å². The van der Waals surface area contributed by atoms with Crippen molar-refractivity contribution in [2.75, 3.05) is 19.7 Å². The molecular formula is C14H20BrFN2O. The molecule has 3 nitrogen and oxygen atoms in total. The maximum absolute atomic E-state index is 13.1. The monoisotopic (exact) mass is 330 g/mol. The number of ether oxygens (including phenoxy) is 1. The zero-order chi connectivity index (χ0) is 13.9. The summed E-state index contributed by atoms with van der Waals surface area (Å²) in [6.45, 7) is 4.14. The fraction of sp³-hybridized carbons (Fsp3) is 0.571. The van der Waals surface area contributed by atoms with Crippen molar-refractivity contribution in [3.05, 3.63) is 34.1 Å². The van der Waals surface area contributed by atoms with Gasteiger partial charge in [-0.2, -0.15) is 0 Å². The van der Waals surface area contributed by atoms with Gasteiger partial charge in [-0.05, 0) is 37.5 Å². The Balaban J connectivity index is 2.03. The van der Waals surface area contributed by atoms with Gasteiger partial charge in [-0.15, -0.1) is 0 Å². The molecule has 0 radical (unpaired) electrons. The molecule has 2 atom stereocenters. The summed E-state index contributed by atoms with van der Waals surface area (Å²) in [7, 11) is 0. The molecule has 1 heterocycles. The van der Waals surface area contributed by atoms with Crippen molar-refractivity contribution in [3.8, 4) is 0 Å². The lowest BCUT2D eigenvalue weighted by Gasteiger charge is -2.27. The second-order valence-corrected chi connectivity index (χ2v) is 6.09. The van der Waals surface area contributed by atoms with Gasteiger partial charge in [-0.3, -0.25) is 0 Å². The van der Waals surface area contributed by atoms with Crippen molar-refractivity contribution in [1.82, 2.24) is 5.32 Å². The molecule has 106 valence electrons. The fourth-order valence-corrected chi connectivity index (χ4v) is 3.05. The van der Waals surface area contributed by atoms with Crippen LogP contribution in [0.2, 0.25) is 0 Å². The van der Waals surface area contributed by atoms with Crippen LogP contribution in [0.25, 0.3) is 0 Å². The summed E-state index contributed by atoms with van der Waals surface area (Å²) >= 11 is 3.39. The summed E-state index contributed by atoms with van der Waals surface area (Å²) in [4.78, 5) is 0. The molecule has 1 fully saturated rings. The first-order chi connectivity index (χ1) is 9.04. The molecule has 0 spiro atoms. The van der Waals surface area contributed by atoms with E-state index in [0.29, 0.717) is 6.54 Å². The maximum Gasteiger partial charge on any atom is 0.124 e. The lowest BCUT2D eigenvalue weighted by Crippen LogP contribution is -2.41. The second-order valence-electron chi connectivity index (χ2n) is 5.24. The first-order valence-electron chi connectivity index (χ1n) is 6.56. The van der Waals surface area contributed by atoms with Gasteiger partial charge in [0.2, 0.25) is 0 Å². The van der Waals surface area contributed by atoms with Crippen LogP contribution in [0, 0.1) is 5.82 Å². The third-order valence-corrected chi connectivity index (χ3v) is 4.28. The number of rotatable bonds is 5. The Labute approximate surface area is 121 Å². The van der Waals surface area contributed by atoms with Crippen LogP contribution in [0.5, 0.6) is 0 Å². The molecule has 0 aliphatic carbocycles. The second kappa shape index (κ2) is 6.31. The quantitative estimate of drug-likeness (QED) is 0.872. The molecule has 0 bridgehead atoms. The van der Waals surface area contributed by atoms with Gasteiger partial charge in [-0.1, -0.05) is 22.0 Å². The zero-order valence-corrected chi connectivity index (χ0v) is 12.7. The highest BCUT2D eigenvalue weighted by molar-refractivity contribution is 9.10. The molecule has 3 N–H and O–H groups in total. The van der Waals surface area contributed by atoms with Crippen molar-refractivity contribution in [2.24, 2.45) is 5.73 Å². The molecule has 19 heavy (non-hydrogen) atoms. The molecule has 0 saturated carbocycles. The van der Waals surface area contributed by atoms with Crippen LogP contribution in [0.4, 0.5) is 4.39 Å². The van der Waals surface area contributed by atoms with E-state index < -0.39 is 0 Å². The van der Waals surface area contributed by atoms with Crippen LogP contribution in [0.1, 0.15) is 31.4 Å². The lowest BCUT2D eigenvalue weighted by molar-refractivity contribution is 0.0189. The van der Waals surface area contributed by atoms with Gasteiger partial charge >= 0.3 is 0 Å². The molecule has 2 rings (SSSR count). The largest absolute Gasteiger partial charge is 0.374 e. The highest BCUT2D eigenvalue weighted by Gasteiger charge is 2.30. The number of hydrogen-bond acceptors (Lipinski definition) is 3. The summed E-state index contributed by atoms with van der Waals surface area (Å²) < 4.78 is 19.6. The Morgan fingerprint density at radius 1 is 1.58 bits per heavy atom. The van der Waals surface area contributed by atoms with Gasteiger partial charge in [0.05, 0.1) is 5.60 Å². The summed E-state index contributed by atoms with van der Waals surface area (Å²) in [6.07, 6.45) is 2.16. The summed E-state index contributed by atoms with van der Waals surface area (Å²) in [6, 6.07) is 4.68. The molecule has 0 amide bonds. The Bertz CT molecular complexity index is 435. The average molecular weight is 331 g/mol. The third-order valence-electron chi connectivity index (χ3n) is 3.60. The van der Waals surface area contributed by atoms with Crippen molar-refractivity contribution in [3.63, 3.8) is 0 Å². The number of benzene rings is 1. The van der Waals surface area contributed by atoms with Gasteiger partial charge < -0.3 is 15.8 Å². The molecule has 5 heteroatoms. The normalized spacial score (nSPS) is 24.6. The van der Waals surface area contributed by atoms with E-state index in [1.165, 1.54) is 12.1 Å². The first-order valence-corrected chi connectivity index (χ1v) is 7.36. The van der Waals surface area contributed by atoms with Crippen LogP contribution in [-0.4, -0.2) is 25.3 Å².